The van der Waals surface area contributed by atoms with Crippen molar-refractivity contribution in [3.8, 4) is 0 Å². The standard InChI is InChI=1S/C15H28N6/c1-3-5-9-20(10-6-4-2)14-17-13(16)18-15(19-14)21-11-7-8-12-21/h3-12H2,1-2H3,(H2,16,17,18,19). The molecular formula is C15H28N6. The van der Waals surface area contributed by atoms with Gasteiger partial charge in [0.15, 0.2) is 0 Å². The van der Waals surface area contributed by atoms with Gasteiger partial charge in [-0.05, 0) is 25.7 Å². The van der Waals surface area contributed by atoms with Gasteiger partial charge in [0.25, 0.3) is 0 Å². The predicted octanol–water partition coefficient (Wildman–Crippen LogP) is 2.46. The third-order valence-electron chi connectivity index (χ3n) is 3.86. The topological polar surface area (TPSA) is 71.2 Å². The second-order valence-electron chi connectivity index (χ2n) is 5.68. The van der Waals surface area contributed by atoms with Gasteiger partial charge in [-0.15, -0.1) is 0 Å². The molecule has 21 heavy (non-hydrogen) atoms. The first kappa shape index (κ1) is 15.8. The monoisotopic (exact) mass is 292 g/mol. The summed E-state index contributed by atoms with van der Waals surface area (Å²) in [5.74, 6) is 1.82. The van der Waals surface area contributed by atoms with Gasteiger partial charge in [0.2, 0.25) is 17.8 Å². The summed E-state index contributed by atoms with van der Waals surface area (Å²) in [6.07, 6.45) is 7.04. The van der Waals surface area contributed by atoms with Gasteiger partial charge in [-0.2, -0.15) is 15.0 Å². The van der Waals surface area contributed by atoms with Crippen LogP contribution in [0.1, 0.15) is 52.4 Å². The Morgan fingerprint density at radius 1 is 1.00 bits per heavy atom. The summed E-state index contributed by atoms with van der Waals surface area (Å²) in [5, 5.41) is 0. The SMILES string of the molecule is CCCCN(CCCC)c1nc(N)nc(N2CCCC2)n1. The number of aromatic nitrogens is 3. The van der Waals surface area contributed by atoms with Gasteiger partial charge in [-0.1, -0.05) is 26.7 Å². The van der Waals surface area contributed by atoms with Crippen molar-refractivity contribution < 1.29 is 0 Å². The lowest BCUT2D eigenvalue weighted by Crippen LogP contribution is -2.30. The van der Waals surface area contributed by atoms with Gasteiger partial charge in [-0.3, -0.25) is 0 Å². The molecule has 1 aromatic heterocycles. The van der Waals surface area contributed by atoms with E-state index < -0.39 is 0 Å². The maximum Gasteiger partial charge on any atom is 0.231 e. The molecule has 0 atom stereocenters. The van der Waals surface area contributed by atoms with E-state index in [1.165, 1.54) is 25.7 Å². The van der Waals surface area contributed by atoms with Gasteiger partial charge >= 0.3 is 0 Å². The molecule has 118 valence electrons. The van der Waals surface area contributed by atoms with Crippen LogP contribution < -0.4 is 15.5 Å². The molecular weight excluding hydrogens is 264 g/mol. The Labute approximate surface area is 127 Å². The third-order valence-corrected chi connectivity index (χ3v) is 3.86. The van der Waals surface area contributed by atoms with Crippen LogP contribution in [0, 0.1) is 0 Å². The Bertz CT molecular complexity index is 422. The van der Waals surface area contributed by atoms with E-state index in [0.717, 1.165) is 50.9 Å². The lowest BCUT2D eigenvalue weighted by molar-refractivity contribution is 0.660. The van der Waals surface area contributed by atoms with Crippen LogP contribution in [-0.4, -0.2) is 41.1 Å². The van der Waals surface area contributed by atoms with Gasteiger partial charge < -0.3 is 15.5 Å². The Kier molecular flexibility index (Phi) is 6.02. The number of anilines is 3. The number of nitrogens with two attached hydrogens (primary N) is 1. The molecule has 1 aromatic rings. The molecule has 2 rings (SSSR count). The van der Waals surface area contributed by atoms with Crippen LogP contribution >= 0.6 is 0 Å². The highest BCUT2D eigenvalue weighted by molar-refractivity contribution is 5.44. The van der Waals surface area contributed by atoms with Crippen LogP contribution in [0.25, 0.3) is 0 Å². The molecule has 1 aliphatic rings. The van der Waals surface area contributed by atoms with Gasteiger partial charge in [0.05, 0.1) is 0 Å². The first-order valence-corrected chi connectivity index (χ1v) is 8.26. The average Bonchev–Trinajstić information content (AvgIpc) is 3.01. The number of hydrogen-bond acceptors (Lipinski definition) is 6. The lowest BCUT2D eigenvalue weighted by Gasteiger charge is -2.24. The molecule has 6 nitrogen and oxygen atoms in total. The van der Waals surface area contributed by atoms with Crippen molar-refractivity contribution in [2.75, 3.05) is 41.7 Å². The molecule has 0 radical (unpaired) electrons. The van der Waals surface area contributed by atoms with Crippen molar-refractivity contribution in [2.45, 2.75) is 52.4 Å². The fraction of sp³-hybridized carbons (Fsp3) is 0.800. The summed E-state index contributed by atoms with van der Waals surface area (Å²) in [6, 6.07) is 0. The highest BCUT2D eigenvalue weighted by atomic mass is 15.4. The zero-order chi connectivity index (χ0) is 15.1. The van der Waals surface area contributed by atoms with Gasteiger partial charge in [0, 0.05) is 26.2 Å². The van der Waals surface area contributed by atoms with Crippen molar-refractivity contribution in [1.29, 1.82) is 0 Å². The van der Waals surface area contributed by atoms with Crippen LogP contribution in [-0.2, 0) is 0 Å². The van der Waals surface area contributed by atoms with Crippen LogP contribution in [0.4, 0.5) is 17.8 Å². The maximum atomic E-state index is 5.91. The average molecular weight is 292 g/mol. The largest absolute Gasteiger partial charge is 0.368 e. The fourth-order valence-corrected chi connectivity index (χ4v) is 2.58. The number of hydrogen-bond donors (Lipinski definition) is 1. The van der Waals surface area contributed by atoms with Crippen molar-refractivity contribution in [3.63, 3.8) is 0 Å². The molecule has 1 saturated heterocycles. The van der Waals surface area contributed by atoms with E-state index in [-0.39, 0.29) is 0 Å². The first-order chi connectivity index (χ1) is 10.2. The predicted molar refractivity (Wildman–Crippen MR) is 87.7 cm³/mol. The van der Waals surface area contributed by atoms with Crippen LogP contribution in [0.3, 0.4) is 0 Å². The molecule has 0 aromatic carbocycles. The molecule has 1 aliphatic heterocycles. The molecule has 0 amide bonds. The third kappa shape index (κ3) is 4.44. The van der Waals surface area contributed by atoms with Crippen LogP contribution in [0.5, 0.6) is 0 Å². The molecule has 0 saturated carbocycles. The maximum absolute atomic E-state index is 5.91. The molecule has 2 heterocycles. The summed E-state index contributed by atoms with van der Waals surface area (Å²) < 4.78 is 0. The second kappa shape index (κ2) is 8.00. The zero-order valence-corrected chi connectivity index (χ0v) is 13.4. The highest BCUT2D eigenvalue weighted by Gasteiger charge is 2.18. The number of rotatable bonds is 8. The molecule has 0 unspecified atom stereocenters. The Hall–Kier alpha value is -1.59. The van der Waals surface area contributed by atoms with E-state index in [0.29, 0.717) is 5.95 Å². The fourth-order valence-electron chi connectivity index (χ4n) is 2.58. The minimum Gasteiger partial charge on any atom is -0.368 e. The molecule has 1 fully saturated rings. The highest BCUT2D eigenvalue weighted by Crippen LogP contribution is 2.20. The summed E-state index contributed by atoms with van der Waals surface area (Å²) in [5.41, 5.74) is 5.91. The molecule has 0 spiro atoms. The Balaban J connectivity index is 2.17. The molecule has 0 aliphatic carbocycles. The summed E-state index contributed by atoms with van der Waals surface area (Å²) in [7, 11) is 0. The number of nitrogen functional groups attached to an aromatic ring is 1. The lowest BCUT2D eigenvalue weighted by atomic mass is 10.3. The first-order valence-electron chi connectivity index (χ1n) is 8.26. The summed E-state index contributed by atoms with van der Waals surface area (Å²) in [6.45, 7) is 8.42. The summed E-state index contributed by atoms with van der Waals surface area (Å²) >= 11 is 0. The smallest absolute Gasteiger partial charge is 0.231 e. The van der Waals surface area contributed by atoms with Crippen molar-refractivity contribution >= 4 is 17.8 Å². The quantitative estimate of drug-likeness (QED) is 0.793. The Morgan fingerprint density at radius 3 is 2.19 bits per heavy atom. The van der Waals surface area contributed by atoms with Crippen molar-refractivity contribution in [3.05, 3.63) is 0 Å². The van der Waals surface area contributed by atoms with E-state index in [1.54, 1.807) is 0 Å². The molecule has 2 N–H and O–H groups in total. The van der Waals surface area contributed by atoms with Crippen molar-refractivity contribution in [2.24, 2.45) is 0 Å². The second-order valence-corrected chi connectivity index (χ2v) is 5.68. The normalized spacial score (nSPS) is 14.7. The van der Waals surface area contributed by atoms with E-state index in [1.807, 2.05) is 0 Å². The molecule has 0 bridgehead atoms. The van der Waals surface area contributed by atoms with E-state index in [4.69, 9.17) is 5.73 Å². The van der Waals surface area contributed by atoms with Crippen LogP contribution in [0.15, 0.2) is 0 Å². The minimum absolute atomic E-state index is 0.333. The van der Waals surface area contributed by atoms with Crippen molar-refractivity contribution in [1.82, 2.24) is 15.0 Å². The number of unbranched alkanes of at least 4 members (excludes halogenated alkanes) is 2. The van der Waals surface area contributed by atoms with E-state index in [9.17, 15) is 0 Å². The zero-order valence-electron chi connectivity index (χ0n) is 13.4. The van der Waals surface area contributed by atoms with E-state index >= 15 is 0 Å². The van der Waals surface area contributed by atoms with E-state index in [2.05, 4.69) is 38.6 Å². The Morgan fingerprint density at radius 2 is 1.62 bits per heavy atom. The summed E-state index contributed by atoms with van der Waals surface area (Å²) in [4.78, 5) is 17.8. The van der Waals surface area contributed by atoms with Gasteiger partial charge in [-0.25, -0.2) is 0 Å². The molecule has 6 heteroatoms. The van der Waals surface area contributed by atoms with Gasteiger partial charge in [0.1, 0.15) is 0 Å². The minimum atomic E-state index is 0.333. The number of nitrogens with zero attached hydrogens (tertiary/aromatic N) is 5. The van der Waals surface area contributed by atoms with Crippen LogP contribution in [0.2, 0.25) is 0 Å².